The van der Waals surface area contributed by atoms with Crippen LogP contribution in [0.25, 0.3) is 11.0 Å². The highest BCUT2D eigenvalue weighted by atomic mass is 16.2. The molecule has 6 heteroatoms. The third-order valence-electron chi connectivity index (χ3n) is 4.53. The van der Waals surface area contributed by atoms with Crippen molar-refractivity contribution in [1.82, 2.24) is 25.1 Å². The van der Waals surface area contributed by atoms with Crippen molar-refractivity contribution >= 4 is 16.9 Å². The summed E-state index contributed by atoms with van der Waals surface area (Å²) in [5, 5.41) is 7.06. The van der Waals surface area contributed by atoms with Gasteiger partial charge in [-0.3, -0.25) is 9.89 Å². The van der Waals surface area contributed by atoms with Gasteiger partial charge in [-0.25, -0.2) is 4.98 Å². The monoisotopic (exact) mass is 309 g/mol. The maximum absolute atomic E-state index is 13.0. The Bertz CT molecular complexity index is 836. The zero-order valence-corrected chi connectivity index (χ0v) is 13.0. The topological polar surface area (TPSA) is 77.7 Å². The van der Waals surface area contributed by atoms with Gasteiger partial charge in [-0.2, -0.15) is 5.10 Å². The number of hydrogen-bond donors (Lipinski definition) is 2. The number of carbonyl (C=O) groups excluding carboxylic acids is 1. The Hall–Kier alpha value is -2.63. The summed E-state index contributed by atoms with van der Waals surface area (Å²) >= 11 is 0. The molecule has 1 aromatic carbocycles. The smallest absolute Gasteiger partial charge is 0.256 e. The molecule has 0 radical (unpaired) electrons. The van der Waals surface area contributed by atoms with Gasteiger partial charge in [-0.1, -0.05) is 6.07 Å². The molecule has 0 unspecified atom stereocenters. The van der Waals surface area contributed by atoms with Crippen LogP contribution in [0.4, 0.5) is 0 Å². The fourth-order valence-electron chi connectivity index (χ4n) is 3.41. The highest BCUT2D eigenvalue weighted by Gasteiger charge is 2.27. The van der Waals surface area contributed by atoms with Gasteiger partial charge < -0.3 is 9.88 Å². The number of fused-ring (bicyclic) bond motifs is 1. The van der Waals surface area contributed by atoms with Crippen LogP contribution in [0, 0.1) is 6.92 Å². The van der Waals surface area contributed by atoms with Crippen molar-refractivity contribution in [3.05, 3.63) is 47.5 Å². The van der Waals surface area contributed by atoms with Crippen LogP contribution in [0.3, 0.4) is 0 Å². The molecule has 2 N–H and O–H groups in total. The number of hydrogen-bond acceptors (Lipinski definition) is 3. The molecule has 3 heterocycles. The van der Waals surface area contributed by atoms with Gasteiger partial charge in [0.25, 0.3) is 5.91 Å². The van der Waals surface area contributed by atoms with E-state index in [1.807, 2.05) is 36.1 Å². The molecular weight excluding hydrogens is 290 g/mol. The lowest BCUT2D eigenvalue weighted by Crippen LogP contribution is -2.39. The van der Waals surface area contributed by atoms with Gasteiger partial charge in [-0.15, -0.1) is 0 Å². The van der Waals surface area contributed by atoms with Crippen LogP contribution < -0.4 is 0 Å². The Morgan fingerprint density at radius 3 is 3.09 bits per heavy atom. The molecule has 4 rings (SSSR count). The Morgan fingerprint density at radius 1 is 1.35 bits per heavy atom. The molecule has 1 atom stereocenters. The lowest BCUT2D eigenvalue weighted by atomic mass is 9.94. The first-order valence-corrected chi connectivity index (χ1v) is 7.96. The van der Waals surface area contributed by atoms with Crippen LogP contribution in [0.1, 0.15) is 40.6 Å². The molecule has 0 saturated carbocycles. The highest BCUT2D eigenvalue weighted by molar-refractivity contribution is 6.04. The van der Waals surface area contributed by atoms with Crippen molar-refractivity contribution in [2.24, 2.45) is 0 Å². The minimum Gasteiger partial charge on any atom is -0.342 e. The van der Waals surface area contributed by atoms with Crippen molar-refractivity contribution < 1.29 is 4.79 Å². The lowest BCUT2D eigenvalue weighted by molar-refractivity contribution is 0.0707. The van der Waals surface area contributed by atoms with Gasteiger partial charge in [-0.05, 0) is 38.0 Å². The number of benzene rings is 1. The zero-order valence-electron chi connectivity index (χ0n) is 13.0. The van der Waals surface area contributed by atoms with Crippen molar-refractivity contribution in [2.75, 3.05) is 13.1 Å². The number of carbonyl (C=O) groups is 1. The number of rotatable bonds is 2. The molecule has 2 aromatic heterocycles. The summed E-state index contributed by atoms with van der Waals surface area (Å²) in [5.74, 6) is 1.22. The number of piperidine rings is 1. The number of aryl methyl sites for hydroxylation is 1. The van der Waals surface area contributed by atoms with Crippen LogP contribution in [0.15, 0.2) is 30.5 Å². The number of amides is 1. The molecule has 1 amide bonds. The summed E-state index contributed by atoms with van der Waals surface area (Å²) in [7, 11) is 0. The van der Waals surface area contributed by atoms with E-state index in [9.17, 15) is 4.79 Å². The fourth-order valence-corrected chi connectivity index (χ4v) is 3.41. The van der Waals surface area contributed by atoms with E-state index < -0.39 is 0 Å². The lowest BCUT2D eigenvalue weighted by Gasteiger charge is -2.32. The van der Waals surface area contributed by atoms with E-state index in [1.165, 1.54) is 0 Å². The summed E-state index contributed by atoms with van der Waals surface area (Å²) in [6.45, 7) is 3.42. The van der Waals surface area contributed by atoms with Crippen LogP contribution in [0.2, 0.25) is 0 Å². The number of nitrogens with one attached hydrogen (secondary N) is 2. The summed E-state index contributed by atoms with van der Waals surface area (Å²) < 4.78 is 0. The van der Waals surface area contributed by atoms with Gasteiger partial charge in [0.1, 0.15) is 11.3 Å². The summed E-state index contributed by atoms with van der Waals surface area (Å²) in [6.07, 6.45) is 3.85. The minimum absolute atomic E-state index is 0.0614. The third kappa shape index (κ3) is 2.50. The molecule has 0 bridgehead atoms. The van der Waals surface area contributed by atoms with Gasteiger partial charge in [0, 0.05) is 30.9 Å². The van der Waals surface area contributed by atoms with Gasteiger partial charge >= 0.3 is 0 Å². The van der Waals surface area contributed by atoms with E-state index in [0.717, 1.165) is 48.5 Å². The first kappa shape index (κ1) is 14.0. The van der Waals surface area contributed by atoms with E-state index in [4.69, 9.17) is 0 Å². The van der Waals surface area contributed by atoms with Gasteiger partial charge in [0.15, 0.2) is 0 Å². The fraction of sp³-hybridized carbons (Fsp3) is 0.353. The molecular formula is C17H19N5O. The first-order chi connectivity index (χ1) is 11.2. The molecule has 0 spiro atoms. The van der Waals surface area contributed by atoms with Gasteiger partial charge in [0.2, 0.25) is 0 Å². The molecule has 118 valence electrons. The van der Waals surface area contributed by atoms with Crippen molar-refractivity contribution in [1.29, 1.82) is 0 Å². The van der Waals surface area contributed by atoms with Crippen molar-refractivity contribution in [3.63, 3.8) is 0 Å². The van der Waals surface area contributed by atoms with E-state index in [0.29, 0.717) is 11.5 Å². The van der Waals surface area contributed by atoms with Crippen molar-refractivity contribution in [3.8, 4) is 0 Å². The molecule has 1 fully saturated rings. The van der Waals surface area contributed by atoms with E-state index in [-0.39, 0.29) is 5.91 Å². The molecule has 23 heavy (non-hydrogen) atoms. The number of H-pyrrole nitrogens is 2. The third-order valence-corrected chi connectivity index (χ3v) is 4.53. The normalized spacial score (nSPS) is 18.5. The van der Waals surface area contributed by atoms with Crippen LogP contribution in [0.5, 0.6) is 0 Å². The summed E-state index contributed by atoms with van der Waals surface area (Å²) in [4.78, 5) is 22.6. The van der Waals surface area contributed by atoms with E-state index in [2.05, 4.69) is 20.2 Å². The number of nitrogens with zero attached hydrogens (tertiary/aromatic N) is 3. The Balaban J connectivity index is 1.62. The minimum atomic E-state index is 0.0614. The molecule has 3 aromatic rings. The number of aromatic amines is 2. The predicted octanol–water partition coefficient (Wildman–Crippen LogP) is 2.61. The number of likely N-dealkylation sites (tertiary alicyclic amines) is 1. The second-order valence-corrected chi connectivity index (χ2v) is 6.13. The average Bonchev–Trinajstić information content (AvgIpc) is 3.22. The van der Waals surface area contributed by atoms with Crippen LogP contribution in [-0.2, 0) is 0 Å². The summed E-state index contributed by atoms with van der Waals surface area (Å²) in [5.41, 5.74) is 3.46. The second kappa shape index (κ2) is 5.53. The Kier molecular flexibility index (Phi) is 3.37. The number of imidazole rings is 1. The average molecular weight is 309 g/mol. The van der Waals surface area contributed by atoms with E-state index >= 15 is 0 Å². The summed E-state index contributed by atoms with van der Waals surface area (Å²) in [6, 6.07) is 7.72. The number of aromatic nitrogens is 4. The number of para-hydroxylation sites is 1. The SMILES string of the molecule is Cc1nc2c(C(=O)N3CCC[C@H](c4ccn[nH]4)C3)cccc2[nH]1. The standard InChI is InChI=1S/C17H19N5O/c1-11-19-15-6-2-5-13(16(15)20-11)17(23)22-9-3-4-12(10-22)14-7-8-18-21-14/h2,5-8,12H,3-4,9-10H2,1H3,(H,18,21)(H,19,20)/t12-/m0/s1. The highest BCUT2D eigenvalue weighted by Crippen LogP contribution is 2.27. The van der Waals surface area contributed by atoms with E-state index in [1.54, 1.807) is 6.20 Å². The maximum Gasteiger partial charge on any atom is 0.256 e. The van der Waals surface area contributed by atoms with Gasteiger partial charge in [0.05, 0.1) is 11.1 Å². The molecule has 1 saturated heterocycles. The van der Waals surface area contributed by atoms with Crippen LogP contribution >= 0.6 is 0 Å². The molecule has 1 aliphatic heterocycles. The Labute approximate surface area is 133 Å². The van der Waals surface area contributed by atoms with Crippen molar-refractivity contribution in [2.45, 2.75) is 25.7 Å². The zero-order chi connectivity index (χ0) is 15.8. The Morgan fingerprint density at radius 2 is 2.26 bits per heavy atom. The predicted molar refractivity (Wildman–Crippen MR) is 87.3 cm³/mol. The molecule has 0 aliphatic carbocycles. The second-order valence-electron chi connectivity index (χ2n) is 6.13. The largest absolute Gasteiger partial charge is 0.342 e. The first-order valence-electron chi connectivity index (χ1n) is 7.96. The molecule has 6 nitrogen and oxygen atoms in total. The van der Waals surface area contributed by atoms with Crippen LogP contribution in [-0.4, -0.2) is 44.1 Å². The molecule has 1 aliphatic rings. The maximum atomic E-state index is 13.0. The quantitative estimate of drug-likeness (QED) is 0.764.